The molecule has 0 fully saturated rings. The highest BCUT2D eigenvalue weighted by molar-refractivity contribution is 5.86. The third-order valence-electron chi connectivity index (χ3n) is 5.37. The van der Waals surface area contributed by atoms with Gasteiger partial charge in [0, 0.05) is 0 Å². The summed E-state index contributed by atoms with van der Waals surface area (Å²) in [6.45, 7) is 34.0. The highest BCUT2D eigenvalue weighted by Gasteiger charge is 2.45. The molecule has 0 saturated heterocycles. The van der Waals surface area contributed by atoms with Crippen molar-refractivity contribution in [3.63, 3.8) is 0 Å². The monoisotopic (exact) mass is 557 g/mol. The van der Waals surface area contributed by atoms with Crippen molar-refractivity contribution in [2.45, 2.75) is 102 Å². The first-order chi connectivity index (χ1) is 20.4. The van der Waals surface area contributed by atoms with Crippen LogP contribution in [0.25, 0.3) is 11.1 Å². The molecule has 0 N–H and O–H groups in total. The van der Waals surface area contributed by atoms with Gasteiger partial charge < -0.3 is 0 Å². The molecule has 41 heavy (non-hydrogen) atoms. The lowest BCUT2D eigenvalue weighted by Crippen LogP contribution is -2.28. The maximum absolute atomic E-state index is 3.00. The second-order valence-electron chi connectivity index (χ2n) is 6.57. The van der Waals surface area contributed by atoms with E-state index in [-0.39, 0.29) is 5.41 Å². The fourth-order valence-electron chi connectivity index (χ4n) is 4.40. The lowest BCUT2D eigenvalue weighted by atomic mass is 9.68. The zero-order valence-electron chi connectivity index (χ0n) is 29.3. The van der Waals surface area contributed by atoms with E-state index in [1.165, 1.54) is 33.4 Å². The van der Waals surface area contributed by atoms with E-state index in [1.807, 2.05) is 96.9 Å². The van der Waals surface area contributed by atoms with Gasteiger partial charge in [-0.05, 0) is 33.4 Å². The van der Waals surface area contributed by atoms with Crippen molar-refractivity contribution < 1.29 is 0 Å². The molecule has 1 aliphatic rings. The maximum Gasteiger partial charge on any atom is 0.0713 e. The molecular weight excluding hydrogens is 492 g/mol. The molecule has 5 rings (SSSR count). The van der Waals surface area contributed by atoms with Crippen LogP contribution in [0.5, 0.6) is 0 Å². The smallest absolute Gasteiger partial charge is 0.0713 e. The minimum absolute atomic E-state index is 0.254. The van der Waals surface area contributed by atoms with Crippen LogP contribution < -0.4 is 0 Å². The standard InChI is InChI=1S/C25H18.7C2H6.C2H4/c1-3-11-19(12-4-1)25(20-13-5-2-6-14-20)23-17-9-7-15-21(23)22-16-8-10-18-24(22)25;8*1-2/h1-18H;7*1-2H3;1-2H2. The molecule has 0 spiro atoms. The molecule has 0 atom stereocenters. The first kappa shape index (κ1) is 44.6. The Labute approximate surface area is 257 Å². The molecule has 0 radical (unpaired) electrons. The van der Waals surface area contributed by atoms with Gasteiger partial charge in [-0.1, -0.05) is 206 Å². The second kappa shape index (κ2) is 31.2. The first-order valence-electron chi connectivity index (χ1n) is 16.2. The van der Waals surface area contributed by atoms with Crippen molar-refractivity contribution in [1.82, 2.24) is 0 Å². The fourth-order valence-corrected chi connectivity index (χ4v) is 4.40. The highest BCUT2D eigenvalue weighted by Crippen LogP contribution is 2.55. The predicted molar refractivity (Wildman–Crippen MR) is 194 cm³/mol. The van der Waals surface area contributed by atoms with Crippen molar-refractivity contribution in [3.05, 3.63) is 145 Å². The average molecular weight is 557 g/mol. The molecular formula is C41H64. The topological polar surface area (TPSA) is 0 Å². The third kappa shape index (κ3) is 11.2. The maximum atomic E-state index is 3.00. The summed E-state index contributed by atoms with van der Waals surface area (Å²) in [6.07, 6.45) is 0. The third-order valence-corrected chi connectivity index (χ3v) is 5.37. The highest BCUT2D eigenvalue weighted by atomic mass is 14.5. The molecule has 4 aromatic rings. The van der Waals surface area contributed by atoms with Crippen LogP contribution in [0.2, 0.25) is 0 Å². The first-order valence-corrected chi connectivity index (χ1v) is 16.2. The number of fused-ring (bicyclic) bond motifs is 3. The van der Waals surface area contributed by atoms with Crippen LogP contribution >= 0.6 is 0 Å². The summed E-state index contributed by atoms with van der Waals surface area (Å²) in [5.74, 6) is 0. The predicted octanol–water partition coefficient (Wildman–Crippen LogP) is 14.0. The second-order valence-corrected chi connectivity index (χ2v) is 6.57. The molecule has 0 unspecified atom stereocenters. The summed E-state index contributed by atoms with van der Waals surface area (Å²) >= 11 is 0. The average Bonchev–Trinajstić information content (AvgIpc) is 3.44. The van der Waals surface area contributed by atoms with Gasteiger partial charge in [-0.3, -0.25) is 0 Å². The van der Waals surface area contributed by atoms with Crippen molar-refractivity contribution in [2.75, 3.05) is 0 Å². The Bertz CT molecular complexity index is 958. The molecule has 0 heterocycles. The summed E-state index contributed by atoms with van der Waals surface area (Å²) < 4.78 is 0. The van der Waals surface area contributed by atoms with Crippen LogP contribution in [0, 0.1) is 0 Å². The Morgan fingerprint density at radius 3 is 0.805 bits per heavy atom. The van der Waals surface area contributed by atoms with Gasteiger partial charge in [0.15, 0.2) is 0 Å². The lowest BCUT2D eigenvalue weighted by molar-refractivity contribution is 0.768. The molecule has 0 aliphatic heterocycles. The molecule has 0 amide bonds. The van der Waals surface area contributed by atoms with Crippen molar-refractivity contribution in [2.24, 2.45) is 0 Å². The molecule has 0 heteroatoms. The molecule has 228 valence electrons. The Morgan fingerprint density at radius 1 is 0.317 bits per heavy atom. The van der Waals surface area contributed by atoms with Crippen LogP contribution in [-0.4, -0.2) is 0 Å². The minimum atomic E-state index is -0.254. The van der Waals surface area contributed by atoms with Gasteiger partial charge >= 0.3 is 0 Å². The minimum Gasteiger partial charge on any atom is -0.106 e. The number of benzene rings is 4. The van der Waals surface area contributed by atoms with Crippen molar-refractivity contribution >= 4 is 0 Å². The molecule has 0 aromatic heterocycles. The van der Waals surface area contributed by atoms with Crippen LogP contribution in [0.15, 0.2) is 122 Å². The van der Waals surface area contributed by atoms with E-state index in [0.717, 1.165) is 0 Å². The van der Waals surface area contributed by atoms with Crippen LogP contribution in [-0.2, 0) is 5.41 Å². The van der Waals surface area contributed by atoms with Crippen LogP contribution in [0.3, 0.4) is 0 Å². The molecule has 0 bridgehead atoms. The van der Waals surface area contributed by atoms with E-state index in [0.29, 0.717) is 0 Å². The number of rotatable bonds is 2. The van der Waals surface area contributed by atoms with Gasteiger partial charge in [0.1, 0.15) is 0 Å². The normalized spacial score (nSPS) is 9.61. The van der Waals surface area contributed by atoms with E-state index < -0.39 is 0 Å². The molecule has 0 nitrogen and oxygen atoms in total. The van der Waals surface area contributed by atoms with Gasteiger partial charge in [0.05, 0.1) is 5.41 Å². The Hall–Kier alpha value is -3.38. The largest absolute Gasteiger partial charge is 0.106 e. The van der Waals surface area contributed by atoms with Crippen molar-refractivity contribution in [1.29, 1.82) is 0 Å². The van der Waals surface area contributed by atoms with E-state index in [4.69, 9.17) is 0 Å². The van der Waals surface area contributed by atoms with Crippen LogP contribution in [0.4, 0.5) is 0 Å². The Morgan fingerprint density at radius 2 is 0.537 bits per heavy atom. The van der Waals surface area contributed by atoms with Gasteiger partial charge in [0.25, 0.3) is 0 Å². The van der Waals surface area contributed by atoms with E-state index in [9.17, 15) is 0 Å². The summed E-state index contributed by atoms with van der Waals surface area (Å²) in [7, 11) is 0. The van der Waals surface area contributed by atoms with Gasteiger partial charge in [-0.15, -0.1) is 13.2 Å². The van der Waals surface area contributed by atoms with E-state index in [2.05, 4.69) is 122 Å². The summed E-state index contributed by atoms with van der Waals surface area (Å²) in [5, 5.41) is 0. The number of hydrogen-bond acceptors (Lipinski definition) is 0. The van der Waals surface area contributed by atoms with E-state index in [1.54, 1.807) is 0 Å². The van der Waals surface area contributed by atoms with Gasteiger partial charge in [-0.2, -0.15) is 0 Å². The van der Waals surface area contributed by atoms with Gasteiger partial charge in [-0.25, -0.2) is 0 Å². The summed E-state index contributed by atoms with van der Waals surface area (Å²) in [5.41, 5.74) is 7.80. The molecule has 0 saturated carbocycles. The zero-order valence-corrected chi connectivity index (χ0v) is 29.3. The van der Waals surface area contributed by atoms with Crippen molar-refractivity contribution in [3.8, 4) is 11.1 Å². The van der Waals surface area contributed by atoms with Gasteiger partial charge in [0.2, 0.25) is 0 Å². The summed E-state index contributed by atoms with van der Waals surface area (Å²) in [6, 6.07) is 39.5. The lowest BCUT2D eigenvalue weighted by Gasteiger charge is -2.33. The number of hydrogen-bond donors (Lipinski definition) is 0. The molecule has 1 aliphatic carbocycles. The summed E-state index contributed by atoms with van der Waals surface area (Å²) in [4.78, 5) is 0. The Balaban J connectivity index is -0.000000373. The van der Waals surface area contributed by atoms with E-state index >= 15 is 0 Å². The molecule has 4 aromatic carbocycles. The zero-order chi connectivity index (χ0) is 32.7. The fraction of sp³-hybridized carbons (Fsp3) is 0.366. The van der Waals surface area contributed by atoms with Crippen LogP contribution in [0.1, 0.15) is 119 Å². The SMILES string of the molecule is C=C.CC.CC.CC.CC.CC.CC.CC.c1ccc(C2(c3ccccc3)c3ccccc3-c3ccccc32)cc1. The quantitative estimate of drug-likeness (QED) is 0.190. The Kier molecular flexibility index (Phi) is 33.9.